The van der Waals surface area contributed by atoms with Gasteiger partial charge in [0.25, 0.3) is 0 Å². The molecule has 0 amide bonds. The number of thioether (sulfide) groups is 1. The van der Waals surface area contributed by atoms with Gasteiger partial charge in [0, 0.05) is 25.8 Å². The molecule has 1 heterocycles. The summed E-state index contributed by atoms with van der Waals surface area (Å²) in [6.07, 6.45) is 1.66. The van der Waals surface area contributed by atoms with E-state index in [-0.39, 0.29) is 0 Å². The number of rotatable bonds is 7. The Hall–Kier alpha value is -1.38. The van der Waals surface area contributed by atoms with Crippen LogP contribution in [-0.4, -0.2) is 36.0 Å². The van der Waals surface area contributed by atoms with Gasteiger partial charge in [-0.15, -0.1) is 10.2 Å². The SMILES string of the molecule is Cn1c(CCNS(C)(=O)=O)nnc1SCc1ccccc1. The van der Waals surface area contributed by atoms with Gasteiger partial charge in [-0.1, -0.05) is 42.1 Å². The van der Waals surface area contributed by atoms with Crippen molar-refractivity contribution in [2.24, 2.45) is 7.05 Å². The minimum atomic E-state index is -3.16. The van der Waals surface area contributed by atoms with Gasteiger partial charge >= 0.3 is 0 Å². The first-order chi connectivity index (χ1) is 9.96. The lowest BCUT2D eigenvalue weighted by Gasteiger charge is -2.04. The van der Waals surface area contributed by atoms with Crippen LogP contribution in [0.5, 0.6) is 0 Å². The quantitative estimate of drug-likeness (QED) is 0.774. The number of benzene rings is 1. The number of aromatic nitrogens is 3. The minimum absolute atomic E-state index is 0.328. The molecule has 0 aliphatic heterocycles. The molecule has 1 aromatic heterocycles. The molecule has 6 nitrogen and oxygen atoms in total. The topological polar surface area (TPSA) is 76.9 Å². The van der Waals surface area contributed by atoms with E-state index in [2.05, 4.69) is 27.1 Å². The molecule has 0 fully saturated rings. The fourth-order valence-electron chi connectivity index (χ4n) is 1.76. The fourth-order valence-corrected chi connectivity index (χ4v) is 3.12. The number of nitrogens with one attached hydrogen (secondary N) is 1. The summed E-state index contributed by atoms with van der Waals surface area (Å²) in [4.78, 5) is 0. The average molecular weight is 326 g/mol. The van der Waals surface area contributed by atoms with Crippen LogP contribution in [0, 0.1) is 0 Å². The van der Waals surface area contributed by atoms with E-state index >= 15 is 0 Å². The van der Waals surface area contributed by atoms with Crippen molar-refractivity contribution in [3.63, 3.8) is 0 Å². The van der Waals surface area contributed by atoms with Crippen molar-refractivity contribution in [1.82, 2.24) is 19.5 Å². The van der Waals surface area contributed by atoms with Gasteiger partial charge in [-0.05, 0) is 5.56 Å². The van der Waals surface area contributed by atoms with E-state index in [0.29, 0.717) is 13.0 Å². The van der Waals surface area contributed by atoms with Crippen LogP contribution in [-0.2, 0) is 29.2 Å². The van der Waals surface area contributed by atoms with Gasteiger partial charge in [-0.25, -0.2) is 13.1 Å². The molecule has 0 bridgehead atoms. The molecule has 8 heteroatoms. The summed E-state index contributed by atoms with van der Waals surface area (Å²) < 4.78 is 26.4. The van der Waals surface area contributed by atoms with Gasteiger partial charge in [0.05, 0.1) is 6.26 Å². The van der Waals surface area contributed by atoms with Gasteiger partial charge in [-0.2, -0.15) is 0 Å². The molecule has 2 rings (SSSR count). The second-order valence-corrected chi connectivity index (χ2v) is 7.42. The Morgan fingerprint density at radius 3 is 2.62 bits per heavy atom. The number of nitrogens with zero attached hydrogens (tertiary/aromatic N) is 3. The summed E-state index contributed by atoms with van der Waals surface area (Å²) >= 11 is 1.61. The Bertz CT molecular complexity index is 683. The second-order valence-electron chi connectivity index (χ2n) is 4.65. The zero-order valence-electron chi connectivity index (χ0n) is 12.0. The van der Waals surface area contributed by atoms with Gasteiger partial charge in [0.2, 0.25) is 10.0 Å². The monoisotopic (exact) mass is 326 g/mol. The van der Waals surface area contributed by atoms with Crippen LogP contribution in [0.1, 0.15) is 11.4 Å². The fraction of sp³-hybridized carbons (Fsp3) is 0.385. The lowest BCUT2D eigenvalue weighted by Crippen LogP contribution is -2.25. The molecule has 0 atom stereocenters. The Balaban J connectivity index is 1.91. The lowest BCUT2D eigenvalue weighted by atomic mass is 10.2. The third-order valence-electron chi connectivity index (χ3n) is 2.85. The van der Waals surface area contributed by atoms with Crippen molar-refractivity contribution in [3.05, 3.63) is 41.7 Å². The van der Waals surface area contributed by atoms with Crippen molar-refractivity contribution in [1.29, 1.82) is 0 Å². The predicted molar refractivity (Wildman–Crippen MR) is 83.6 cm³/mol. The molecule has 1 N–H and O–H groups in total. The highest BCUT2D eigenvalue weighted by Gasteiger charge is 2.10. The van der Waals surface area contributed by atoms with Crippen LogP contribution in [0.4, 0.5) is 0 Å². The number of hydrogen-bond donors (Lipinski definition) is 1. The van der Waals surface area contributed by atoms with Crippen LogP contribution in [0.15, 0.2) is 35.5 Å². The highest BCUT2D eigenvalue weighted by atomic mass is 32.2. The summed E-state index contributed by atoms with van der Waals surface area (Å²) in [6, 6.07) is 10.1. The van der Waals surface area contributed by atoms with Crippen molar-refractivity contribution in [2.45, 2.75) is 17.3 Å². The molecular weight excluding hydrogens is 308 g/mol. The van der Waals surface area contributed by atoms with Gasteiger partial charge in [0.15, 0.2) is 5.16 Å². The predicted octanol–water partition coefficient (Wildman–Crippen LogP) is 1.20. The van der Waals surface area contributed by atoms with Crippen molar-refractivity contribution >= 4 is 21.8 Å². The van der Waals surface area contributed by atoms with Crippen LogP contribution >= 0.6 is 11.8 Å². The van der Waals surface area contributed by atoms with Crippen LogP contribution in [0.2, 0.25) is 0 Å². The van der Waals surface area contributed by atoms with Crippen LogP contribution in [0.3, 0.4) is 0 Å². The molecule has 0 radical (unpaired) electrons. The standard InChI is InChI=1S/C13H18N4O2S2/c1-17-12(8-9-14-21(2,18)19)15-16-13(17)20-10-11-6-4-3-5-7-11/h3-7,14H,8-10H2,1-2H3. The summed E-state index contributed by atoms with van der Waals surface area (Å²) in [7, 11) is -1.27. The van der Waals surface area contributed by atoms with E-state index in [0.717, 1.165) is 23.0 Å². The first-order valence-electron chi connectivity index (χ1n) is 6.45. The maximum Gasteiger partial charge on any atom is 0.208 e. The molecule has 0 aliphatic rings. The Kier molecular flexibility index (Phi) is 5.38. The molecule has 1 aromatic carbocycles. The van der Waals surface area contributed by atoms with Crippen molar-refractivity contribution in [2.75, 3.05) is 12.8 Å². The summed E-state index contributed by atoms with van der Waals surface area (Å²) in [5, 5.41) is 9.08. The van der Waals surface area contributed by atoms with Crippen LogP contribution < -0.4 is 4.72 Å². The first kappa shape index (κ1) is 16.0. The Morgan fingerprint density at radius 2 is 1.95 bits per heavy atom. The highest BCUT2D eigenvalue weighted by Crippen LogP contribution is 2.20. The molecule has 21 heavy (non-hydrogen) atoms. The largest absolute Gasteiger partial charge is 0.309 e. The molecule has 114 valence electrons. The Labute approximate surface area is 129 Å². The number of sulfonamides is 1. The van der Waals surface area contributed by atoms with E-state index in [1.165, 1.54) is 5.56 Å². The summed E-state index contributed by atoms with van der Waals surface area (Å²) in [5.41, 5.74) is 1.23. The van der Waals surface area contributed by atoms with E-state index in [1.54, 1.807) is 11.8 Å². The average Bonchev–Trinajstić information content (AvgIpc) is 2.78. The minimum Gasteiger partial charge on any atom is -0.309 e. The van der Waals surface area contributed by atoms with Crippen LogP contribution in [0.25, 0.3) is 0 Å². The molecule has 0 aliphatic carbocycles. The third-order valence-corrected chi connectivity index (χ3v) is 4.67. The Morgan fingerprint density at radius 1 is 1.24 bits per heavy atom. The maximum atomic E-state index is 11.0. The van der Waals surface area contributed by atoms with E-state index in [1.807, 2.05) is 29.8 Å². The zero-order valence-corrected chi connectivity index (χ0v) is 13.6. The molecule has 0 saturated heterocycles. The first-order valence-corrected chi connectivity index (χ1v) is 9.33. The zero-order chi connectivity index (χ0) is 15.3. The van der Waals surface area contributed by atoms with Gasteiger partial charge in [0.1, 0.15) is 5.82 Å². The van der Waals surface area contributed by atoms with Crippen molar-refractivity contribution < 1.29 is 8.42 Å². The van der Waals surface area contributed by atoms with E-state index in [9.17, 15) is 8.42 Å². The van der Waals surface area contributed by atoms with Gasteiger partial charge in [-0.3, -0.25) is 0 Å². The van der Waals surface area contributed by atoms with E-state index in [4.69, 9.17) is 0 Å². The smallest absolute Gasteiger partial charge is 0.208 e. The maximum absolute atomic E-state index is 11.0. The van der Waals surface area contributed by atoms with Crippen molar-refractivity contribution in [3.8, 4) is 0 Å². The van der Waals surface area contributed by atoms with E-state index < -0.39 is 10.0 Å². The summed E-state index contributed by atoms with van der Waals surface area (Å²) in [6.45, 7) is 0.328. The molecule has 0 saturated carbocycles. The third kappa shape index (κ3) is 5.14. The lowest BCUT2D eigenvalue weighted by molar-refractivity contribution is 0.585. The second kappa shape index (κ2) is 7.06. The number of hydrogen-bond acceptors (Lipinski definition) is 5. The summed E-state index contributed by atoms with van der Waals surface area (Å²) in [5.74, 6) is 1.59. The highest BCUT2D eigenvalue weighted by molar-refractivity contribution is 7.98. The molecular formula is C13H18N4O2S2. The molecule has 2 aromatic rings. The van der Waals surface area contributed by atoms with Gasteiger partial charge < -0.3 is 4.57 Å². The normalized spacial score (nSPS) is 11.7. The molecule has 0 unspecified atom stereocenters. The molecule has 0 spiro atoms.